The van der Waals surface area contributed by atoms with Crippen LogP contribution in [0, 0.1) is 5.82 Å². The van der Waals surface area contributed by atoms with Crippen LogP contribution in [0.5, 0.6) is 0 Å². The molecule has 112 valence electrons. The summed E-state index contributed by atoms with van der Waals surface area (Å²) in [6.07, 6.45) is 0. The van der Waals surface area contributed by atoms with E-state index in [1.807, 2.05) is 51.8 Å². The zero-order valence-electron chi connectivity index (χ0n) is 13.0. The standard InChI is InChI=1S/C15H23ClFN3/c1-15(2,10-18-14(19(3)4)20(5)6)13-11(16)8-7-9-12(13)17/h7-9H,10H2,1-6H3. The van der Waals surface area contributed by atoms with Gasteiger partial charge in [-0.3, -0.25) is 4.99 Å². The van der Waals surface area contributed by atoms with Crippen molar-refractivity contribution in [2.24, 2.45) is 4.99 Å². The number of aliphatic imine (C=N–C) groups is 1. The molecule has 0 fully saturated rings. The van der Waals surface area contributed by atoms with E-state index in [0.717, 1.165) is 5.96 Å². The van der Waals surface area contributed by atoms with Crippen LogP contribution < -0.4 is 0 Å². The summed E-state index contributed by atoms with van der Waals surface area (Å²) in [6.45, 7) is 4.35. The summed E-state index contributed by atoms with van der Waals surface area (Å²) in [4.78, 5) is 8.46. The number of nitrogens with zero attached hydrogens (tertiary/aromatic N) is 3. The molecule has 0 saturated heterocycles. The Bertz CT molecular complexity index is 466. The molecule has 0 aliphatic rings. The molecule has 0 saturated carbocycles. The van der Waals surface area contributed by atoms with Gasteiger partial charge in [0.25, 0.3) is 0 Å². The first kappa shape index (κ1) is 16.8. The zero-order valence-corrected chi connectivity index (χ0v) is 13.8. The summed E-state index contributed by atoms with van der Waals surface area (Å²) in [7, 11) is 7.73. The third-order valence-electron chi connectivity index (χ3n) is 3.06. The van der Waals surface area contributed by atoms with Crippen LogP contribution in [-0.2, 0) is 5.41 Å². The van der Waals surface area contributed by atoms with Crippen molar-refractivity contribution in [3.8, 4) is 0 Å². The van der Waals surface area contributed by atoms with Gasteiger partial charge in [-0.05, 0) is 12.1 Å². The Labute approximate surface area is 126 Å². The van der Waals surface area contributed by atoms with Crippen LogP contribution in [0.2, 0.25) is 5.02 Å². The van der Waals surface area contributed by atoms with E-state index in [9.17, 15) is 4.39 Å². The fraction of sp³-hybridized carbons (Fsp3) is 0.533. The lowest BCUT2D eigenvalue weighted by Gasteiger charge is -2.28. The molecule has 3 nitrogen and oxygen atoms in total. The minimum Gasteiger partial charge on any atom is -0.349 e. The maximum Gasteiger partial charge on any atom is 0.195 e. The van der Waals surface area contributed by atoms with Gasteiger partial charge in [0.05, 0.1) is 6.54 Å². The van der Waals surface area contributed by atoms with E-state index >= 15 is 0 Å². The third-order valence-corrected chi connectivity index (χ3v) is 3.37. The molecule has 0 atom stereocenters. The highest BCUT2D eigenvalue weighted by Gasteiger charge is 2.27. The molecule has 0 aliphatic heterocycles. The number of rotatable bonds is 3. The Hall–Kier alpha value is -1.29. The Balaban J connectivity index is 3.09. The van der Waals surface area contributed by atoms with Crippen LogP contribution in [0.1, 0.15) is 19.4 Å². The Morgan fingerprint density at radius 1 is 1.20 bits per heavy atom. The molecule has 20 heavy (non-hydrogen) atoms. The van der Waals surface area contributed by atoms with Gasteiger partial charge in [0.15, 0.2) is 5.96 Å². The Morgan fingerprint density at radius 3 is 2.20 bits per heavy atom. The van der Waals surface area contributed by atoms with Crippen LogP contribution in [0.3, 0.4) is 0 Å². The summed E-state index contributed by atoms with van der Waals surface area (Å²) in [5, 5.41) is 0.446. The number of halogens is 2. The molecule has 0 spiro atoms. The van der Waals surface area contributed by atoms with Crippen LogP contribution in [-0.4, -0.2) is 50.5 Å². The maximum absolute atomic E-state index is 14.0. The van der Waals surface area contributed by atoms with Crippen LogP contribution in [0.25, 0.3) is 0 Å². The first-order chi connectivity index (χ1) is 9.16. The first-order valence-corrected chi connectivity index (χ1v) is 6.88. The fourth-order valence-electron chi connectivity index (χ4n) is 2.17. The van der Waals surface area contributed by atoms with E-state index in [1.165, 1.54) is 6.07 Å². The number of hydrogen-bond donors (Lipinski definition) is 0. The van der Waals surface area contributed by atoms with E-state index in [2.05, 4.69) is 4.99 Å². The van der Waals surface area contributed by atoms with Gasteiger partial charge in [-0.25, -0.2) is 4.39 Å². The Morgan fingerprint density at radius 2 is 1.75 bits per heavy atom. The van der Waals surface area contributed by atoms with Gasteiger partial charge in [-0.1, -0.05) is 31.5 Å². The van der Waals surface area contributed by atoms with E-state index in [4.69, 9.17) is 11.6 Å². The lowest BCUT2D eigenvalue weighted by atomic mass is 9.84. The molecule has 0 heterocycles. The summed E-state index contributed by atoms with van der Waals surface area (Å²) >= 11 is 6.15. The molecule has 0 radical (unpaired) electrons. The van der Waals surface area contributed by atoms with Crippen LogP contribution in [0.15, 0.2) is 23.2 Å². The normalized spacial score (nSPS) is 11.2. The van der Waals surface area contributed by atoms with Gasteiger partial charge in [0.2, 0.25) is 0 Å². The fourth-order valence-corrected chi connectivity index (χ4v) is 2.59. The monoisotopic (exact) mass is 299 g/mol. The average Bonchev–Trinajstić information content (AvgIpc) is 2.26. The lowest BCUT2D eigenvalue weighted by Crippen LogP contribution is -2.37. The predicted octanol–water partition coefficient (Wildman–Crippen LogP) is 3.24. The van der Waals surface area contributed by atoms with Crippen molar-refractivity contribution >= 4 is 17.6 Å². The van der Waals surface area contributed by atoms with Crippen LogP contribution in [0.4, 0.5) is 4.39 Å². The summed E-state index contributed by atoms with van der Waals surface area (Å²) in [5.74, 6) is 0.555. The van der Waals surface area contributed by atoms with Crippen molar-refractivity contribution in [3.05, 3.63) is 34.6 Å². The van der Waals surface area contributed by atoms with Gasteiger partial charge in [-0.15, -0.1) is 0 Å². The van der Waals surface area contributed by atoms with E-state index in [0.29, 0.717) is 17.1 Å². The van der Waals surface area contributed by atoms with Crippen molar-refractivity contribution in [2.45, 2.75) is 19.3 Å². The average molecular weight is 300 g/mol. The highest BCUT2D eigenvalue weighted by molar-refractivity contribution is 6.31. The van der Waals surface area contributed by atoms with Gasteiger partial charge in [0.1, 0.15) is 5.82 Å². The number of benzene rings is 1. The van der Waals surface area contributed by atoms with Crippen molar-refractivity contribution in [3.63, 3.8) is 0 Å². The SMILES string of the molecule is CN(C)C(=NCC(C)(C)c1c(F)cccc1Cl)N(C)C. The van der Waals surface area contributed by atoms with E-state index in [1.54, 1.807) is 12.1 Å². The first-order valence-electron chi connectivity index (χ1n) is 6.50. The molecule has 0 N–H and O–H groups in total. The molecular weight excluding hydrogens is 277 g/mol. The number of hydrogen-bond acceptors (Lipinski definition) is 1. The van der Waals surface area contributed by atoms with Gasteiger partial charge >= 0.3 is 0 Å². The molecule has 0 amide bonds. The molecule has 0 bridgehead atoms. The molecule has 1 aromatic rings. The smallest absolute Gasteiger partial charge is 0.195 e. The second-order valence-corrected chi connectivity index (χ2v) is 6.29. The molecule has 5 heteroatoms. The molecule has 0 unspecified atom stereocenters. The quantitative estimate of drug-likeness (QED) is 0.630. The molecular formula is C15H23ClFN3. The summed E-state index contributed by atoms with van der Waals surface area (Å²) in [5.41, 5.74) is 0.0435. The second kappa shape index (κ2) is 6.44. The van der Waals surface area contributed by atoms with Crippen molar-refractivity contribution in [1.29, 1.82) is 0 Å². The molecule has 1 aromatic carbocycles. The second-order valence-electron chi connectivity index (χ2n) is 5.89. The van der Waals surface area contributed by atoms with E-state index < -0.39 is 5.41 Å². The Kier molecular flexibility index (Phi) is 5.40. The molecule has 1 rings (SSSR count). The van der Waals surface area contributed by atoms with Gasteiger partial charge in [-0.2, -0.15) is 0 Å². The lowest BCUT2D eigenvalue weighted by molar-refractivity contribution is 0.456. The largest absolute Gasteiger partial charge is 0.349 e. The van der Waals surface area contributed by atoms with Crippen molar-refractivity contribution < 1.29 is 4.39 Å². The molecule has 0 aliphatic carbocycles. The molecule has 0 aromatic heterocycles. The zero-order chi connectivity index (χ0) is 15.5. The van der Waals surface area contributed by atoms with Crippen LogP contribution >= 0.6 is 11.6 Å². The van der Waals surface area contributed by atoms with Gasteiger partial charge in [0, 0.05) is 44.2 Å². The number of guanidine groups is 1. The van der Waals surface area contributed by atoms with Gasteiger partial charge < -0.3 is 9.80 Å². The summed E-state index contributed by atoms with van der Waals surface area (Å²) < 4.78 is 14.0. The predicted molar refractivity (Wildman–Crippen MR) is 84.1 cm³/mol. The minimum atomic E-state index is -0.473. The van der Waals surface area contributed by atoms with Crippen molar-refractivity contribution in [2.75, 3.05) is 34.7 Å². The highest BCUT2D eigenvalue weighted by atomic mass is 35.5. The maximum atomic E-state index is 14.0. The topological polar surface area (TPSA) is 18.8 Å². The minimum absolute atomic E-state index is 0.283. The van der Waals surface area contributed by atoms with Crippen molar-refractivity contribution in [1.82, 2.24) is 9.80 Å². The summed E-state index contributed by atoms with van der Waals surface area (Å²) in [6, 6.07) is 4.77. The highest BCUT2D eigenvalue weighted by Crippen LogP contribution is 2.32. The third kappa shape index (κ3) is 3.85. The van der Waals surface area contributed by atoms with E-state index in [-0.39, 0.29) is 5.82 Å².